The van der Waals surface area contributed by atoms with Crippen molar-refractivity contribution >= 4 is 17.5 Å². The van der Waals surface area contributed by atoms with Crippen LogP contribution in [0.15, 0.2) is 42.5 Å². The summed E-state index contributed by atoms with van der Waals surface area (Å²) < 4.78 is 0. The molecule has 1 atom stereocenters. The Morgan fingerprint density at radius 1 is 1.11 bits per heavy atom. The summed E-state index contributed by atoms with van der Waals surface area (Å²) in [6, 6.07) is 11.9. The second kappa shape index (κ2) is 7.80. The van der Waals surface area contributed by atoms with Crippen LogP contribution in [0.25, 0.3) is 0 Å². The van der Waals surface area contributed by atoms with Gasteiger partial charge in [-0.05, 0) is 61.2 Å². The van der Waals surface area contributed by atoms with Crippen molar-refractivity contribution in [2.24, 2.45) is 5.73 Å². The van der Waals surface area contributed by atoms with Crippen LogP contribution in [0.2, 0.25) is 0 Å². The van der Waals surface area contributed by atoms with Gasteiger partial charge in [0, 0.05) is 18.8 Å². The number of aromatic hydroxyl groups is 1. The Morgan fingerprint density at radius 3 is 2.33 bits per heavy atom. The molecule has 6 nitrogen and oxygen atoms in total. The molecule has 1 heterocycles. The molecule has 6 heteroatoms. The highest BCUT2D eigenvalue weighted by Crippen LogP contribution is 2.21. The number of carbonyl (C=O) groups is 2. The maximum absolute atomic E-state index is 12.6. The van der Waals surface area contributed by atoms with Gasteiger partial charge in [-0.3, -0.25) is 9.59 Å². The number of piperazine rings is 1. The van der Waals surface area contributed by atoms with Gasteiger partial charge < -0.3 is 20.6 Å². The molecule has 1 aliphatic heterocycles. The van der Waals surface area contributed by atoms with Gasteiger partial charge in [0.25, 0.3) is 0 Å². The molecule has 0 aliphatic carbocycles. The molecule has 0 spiro atoms. The molecular weight excluding hydrogens is 342 g/mol. The van der Waals surface area contributed by atoms with E-state index in [-0.39, 0.29) is 24.1 Å². The van der Waals surface area contributed by atoms with Gasteiger partial charge in [0.1, 0.15) is 12.3 Å². The van der Waals surface area contributed by atoms with Gasteiger partial charge in [-0.2, -0.15) is 0 Å². The quantitative estimate of drug-likeness (QED) is 0.862. The van der Waals surface area contributed by atoms with E-state index in [1.807, 2.05) is 26.0 Å². The van der Waals surface area contributed by atoms with Gasteiger partial charge in [-0.15, -0.1) is 0 Å². The predicted octanol–water partition coefficient (Wildman–Crippen LogP) is 1.75. The summed E-state index contributed by atoms with van der Waals surface area (Å²) >= 11 is 0. The second-order valence-corrected chi connectivity index (χ2v) is 7.13. The standard InChI is InChI=1S/C21H25N3O3/c1-14-9-15(2)11-17(10-14)24-8-7-23(13-20(24)26)21(27)19(22)12-16-3-5-18(25)6-4-16/h3-6,9-11,19,25H,7-8,12-13,22H2,1-2H3/t19-/m0/s1. The lowest BCUT2D eigenvalue weighted by Gasteiger charge is -2.35. The monoisotopic (exact) mass is 367 g/mol. The average molecular weight is 367 g/mol. The van der Waals surface area contributed by atoms with E-state index in [0.29, 0.717) is 19.5 Å². The number of hydrogen-bond acceptors (Lipinski definition) is 4. The Morgan fingerprint density at radius 2 is 1.74 bits per heavy atom. The first-order valence-corrected chi connectivity index (χ1v) is 9.04. The average Bonchev–Trinajstić information content (AvgIpc) is 2.62. The summed E-state index contributed by atoms with van der Waals surface area (Å²) in [6.07, 6.45) is 0.366. The number of nitrogens with two attached hydrogens (primary N) is 1. The number of phenolic OH excluding ortho intramolecular Hbond substituents is 1. The van der Waals surface area contributed by atoms with Crippen LogP contribution in [0.4, 0.5) is 5.69 Å². The first-order chi connectivity index (χ1) is 12.8. The lowest BCUT2D eigenvalue weighted by molar-refractivity contribution is -0.137. The van der Waals surface area contributed by atoms with E-state index in [9.17, 15) is 14.7 Å². The second-order valence-electron chi connectivity index (χ2n) is 7.13. The Hall–Kier alpha value is -2.86. The van der Waals surface area contributed by atoms with E-state index in [1.54, 1.807) is 29.2 Å². The topological polar surface area (TPSA) is 86.9 Å². The van der Waals surface area contributed by atoms with Crippen molar-refractivity contribution in [2.45, 2.75) is 26.3 Å². The molecule has 142 valence electrons. The number of carbonyl (C=O) groups excluding carboxylic acids is 2. The number of amides is 2. The number of nitrogens with zero attached hydrogens (tertiary/aromatic N) is 2. The van der Waals surface area contributed by atoms with E-state index in [1.165, 1.54) is 4.90 Å². The Bertz CT molecular complexity index is 828. The number of phenols is 1. The van der Waals surface area contributed by atoms with Crippen molar-refractivity contribution < 1.29 is 14.7 Å². The van der Waals surface area contributed by atoms with E-state index in [0.717, 1.165) is 22.4 Å². The number of benzene rings is 2. The zero-order chi connectivity index (χ0) is 19.6. The Balaban J connectivity index is 1.63. The number of aryl methyl sites for hydroxylation is 2. The minimum absolute atomic E-state index is 0.0368. The molecule has 1 aliphatic rings. The van der Waals surface area contributed by atoms with Gasteiger partial charge >= 0.3 is 0 Å². The molecule has 1 saturated heterocycles. The molecule has 2 aromatic rings. The molecule has 2 amide bonds. The Labute approximate surface area is 159 Å². The zero-order valence-electron chi connectivity index (χ0n) is 15.7. The minimum Gasteiger partial charge on any atom is -0.508 e. The molecular formula is C21H25N3O3. The first kappa shape index (κ1) is 18.9. The number of hydrogen-bond donors (Lipinski definition) is 2. The summed E-state index contributed by atoms with van der Waals surface area (Å²) in [6.45, 7) is 4.96. The molecule has 0 saturated carbocycles. The third-order valence-electron chi connectivity index (χ3n) is 4.76. The summed E-state index contributed by atoms with van der Waals surface area (Å²) in [7, 11) is 0. The summed E-state index contributed by atoms with van der Waals surface area (Å²) in [5, 5.41) is 9.34. The maximum Gasteiger partial charge on any atom is 0.246 e. The highest BCUT2D eigenvalue weighted by Gasteiger charge is 2.30. The van der Waals surface area contributed by atoms with Crippen molar-refractivity contribution in [3.63, 3.8) is 0 Å². The highest BCUT2D eigenvalue weighted by molar-refractivity contribution is 5.98. The molecule has 1 fully saturated rings. The molecule has 0 unspecified atom stereocenters. The maximum atomic E-state index is 12.6. The predicted molar refractivity (Wildman–Crippen MR) is 105 cm³/mol. The first-order valence-electron chi connectivity index (χ1n) is 9.04. The van der Waals surface area contributed by atoms with E-state index in [2.05, 4.69) is 6.07 Å². The Kier molecular flexibility index (Phi) is 5.46. The van der Waals surface area contributed by atoms with E-state index < -0.39 is 6.04 Å². The smallest absolute Gasteiger partial charge is 0.246 e. The molecule has 2 aromatic carbocycles. The van der Waals surface area contributed by atoms with Crippen LogP contribution in [0.1, 0.15) is 16.7 Å². The fraction of sp³-hybridized carbons (Fsp3) is 0.333. The van der Waals surface area contributed by atoms with Crippen molar-refractivity contribution in [1.29, 1.82) is 0 Å². The molecule has 3 N–H and O–H groups in total. The normalized spacial score (nSPS) is 15.7. The molecule has 0 aromatic heterocycles. The van der Waals surface area contributed by atoms with Crippen LogP contribution in [0.3, 0.4) is 0 Å². The van der Waals surface area contributed by atoms with Gasteiger partial charge in [0.2, 0.25) is 11.8 Å². The summed E-state index contributed by atoms with van der Waals surface area (Å²) in [5.74, 6) is -0.153. The third-order valence-corrected chi connectivity index (χ3v) is 4.76. The van der Waals surface area contributed by atoms with Crippen LogP contribution in [0.5, 0.6) is 5.75 Å². The molecule has 0 bridgehead atoms. The van der Waals surface area contributed by atoms with E-state index in [4.69, 9.17) is 5.73 Å². The van der Waals surface area contributed by atoms with E-state index >= 15 is 0 Å². The summed E-state index contributed by atoms with van der Waals surface area (Å²) in [5.41, 5.74) is 10.0. The lowest BCUT2D eigenvalue weighted by Crippen LogP contribution is -2.56. The number of rotatable bonds is 4. The van der Waals surface area contributed by atoms with Crippen LogP contribution in [0, 0.1) is 13.8 Å². The largest absolute Gasteiger partial charge is 0.508 e. The van der Waals surface area contributed by atoms with Gasteiger partial charge in [0.05, 0.1) is 6.04 Å². The lowest BCUT2D eigenvalue weighted by atomic mass is 10.0. The van der Waals surface area contributed by atoms with Gasteiger partial charge in [0.15, 0.2) is 0 Å². The molecule has 27 heavy (non-hydrogen) atoms. The third kappa shape index (κ3) is 4.46. The van der Waals surface area contributed by atoms with Gasteiger partial charge in [-0.25, -0.2) is 0 Å². The molecule has 0 radical (unpaired) electrons. The van der Waals surface area contributed by atoms with Crippen molar-refractivity contribution in [2.75, 3.05) is 24.5 Å². The minimum atomic E-state index is -0.713. The fourth-order valence-electron chi connectivity index (χ4n) is 3.45. The van der Waals surface area contributed by atoms with Crippen LogP contribution >= 0.6 is 0 Å². The fourth-order valence-corrected chi connectivity index (χ4v) is 3.45. The SMILES string of the molecule is Cc1cc(C)cc(N2CCN(C(=O)[C@@H](N)Cc3ccc(O)cc3)CC2=O)c1. The van der Waals surface area contributed by atoms with Crippen LogP contribution in [-0.4, -0.2) is 47.5 Å². The highest BCUT2D eigenvalue weighted by atomic mass is 16.3. The van der Waals surface area contributed by atoms with Gasteiger partial charge in [-0.1, -0.05) is 18.2 Å². The zero-order valence-corrected chi connectivity index (χ0v) is 15.7. The van der Waals surface area contributed by atoms with Crippen molar-refractivity contribution in [1.82, 2.24) is 4.90 Å². The van der Waals surface area contributed by atoms with Crippen molar-refractivity contribution in [3.05, 3.63) is 59.2 Å². The van der Waals surface area contributed by atoms with Crippen LogP contribution < -0.4 is 10.6 Å². The molecule has 3 rings (SSSR count). The summed E-state index contributed by atoms with van der Waals surface area (Å²) in [4.78, 5) is 28.5. The van der Waals surface area contributed by atoms with Crippen molar-refractivity contribution in [3.8, 4) is 5.75 Å². The van der Waals surface area contributed by atoms with Crippen LogP contribution in [-0.2, 0) is 16.0 Å². The number of anilines is 1.